The Morgan fingerprint density at radius 1 is 1.20 bits per heavy atom. The van der Waals surface area contributed by atoms with Crippen molar-refractivity contribution in [2.75, 3.05) is 11.9 Å². The van der Waals surface area contributed by atoms with Crippen molar-refractivity contribution < 1.29 is 9.59 Å². The maximum absolute atomic E-state index is 12.4. The van der Waals surface area contributed by atoms with E-state index >= 15 is 0 Å². The number of hydrogen-bond donors (Lipinski definition) is 1. The molecule has 106 valence electrons. The van der Waals surface area contributed by atoms with E-state index in [2.05, 4.69) is 12.2 Å². The standard InChI is InChI=1S/C16H20N2O2/c1-10(17-2)11-5-3-6-12(9-11)18-15(19)13-7-4-8-14(13)16(18)20/h3,5-6,9-10,13-14,17H,4,7-8H2,1-2H3. The van der Waals surface area contributed by atoms with E-state index < -0.39 is 0 Å². The van der Waals surface area contributed by atoms with E-state index in [1.807, 2.05) is 31.3 Å². The average Bonchev–Trinajstić information content (AvgIpc) is 3.03. The Labute approximate surface area is 119 Å². The molecule has 1 aromatic rings. The number of imide groups is 1. The van der Waals surface area contributed by atoms with Gasteiger partial charge < -0.3 is 5.32 Å². The Morgan fingerprint density at radius 3 is 2.45 bits per heavy atom. The van der Waals surface area contributed by atoms with Gasteiger partial charge in [0.25, 0.3) is 0 Å². The number of nitrogens with one attached hydrogen (secondary N) is 1. The summed E-state index contributed by atoms with van der Waals surface area (Å²) in [5.74, 6) is -0.167. The lowest BCUT2D eigenvalue weighted by molar-refractivity contribution is -0.122. The predicted molar refractivity (Wildman–Crippen MR) is 77.2 cm³/mol. The molecule has 4 nitrogen and oxygen atoms in total. The minimum atomic E-state index is -0.0760. The first-order chi connectivity index (χ1) is 9.63. The Kier molecular flexibility index (Phi) is 3.34. The fourth-order valence-electron chi connectivity index (χ4n) is 3.35. The summed E-state index contributed by atoms with van der Waals surface area (Å²) in [5, 5.41) is 3.17. The molecule has 2 fully saturated rings. The fraction of sp³-hybridized carbons (Fsp3) is 0.500. The van der Waals surface area contributed by atoms with Gasteiger partial charge in [-0.1, -0.05) is 18.6 Å². The molecule has 1 N–H and O–H groups in total. The van der Waals surface area contributed by atoms with Crippen LogP contribution in [-0.4, -0.2) is 18.9 Å². The summed E-state index contributed by atoms with van der Waals surface area (Å²) < 4.78 is 0. The number of amides is 2. The molecule has 2 amide bonds. The van der Waals surface area contributed by atoms with Crippen LogP contribution in [0.2, 0.25) is 0 Å². The van der Waals surface area contributed by atoms with Crippen molar-refractivity contribution in [1.82, 2.24) is 5.32 Å². The van der Waals surface area contributed by atoms with Crippen LogP contribution in [-0.2, 0) is 9.59 Å². The van der Waals surface area contributed by atoms with Crippen LogP contribution >= 0.6 is 0 Å². The highest BCUT2D eigenvalue weighted by molar-refractivity contribution is 6.22. The average molecular weight is 272 g/mol. The first-order valence-electron chi connectivity index (χ1n) is 7.28. The van der Waals surface area contributed by atoms with Crippen molar-refractivity contribution in [3.05, 3.63) is 29.8 Å². The smallest absolute Gasteiger partial charge is 0.237 e. The zero-order chi connectivity index (χ0) is 14.3. The van der Waals surface area contributed by atoms with Crippen molar-refractivity contribution >= 4 is 17.5 Å². The van der Waals surface area contributed by atoms with E-state index in [0.717, 1.165) is 24.8 Å². The first kappa shape index (κ1) is 13.3. The van der Waals surface area contributed by atoms with E-state index in [4.69, 9.17) is 0 Å². The number of fused-ring (bicyclic) bond motifs is 1. The number of nitrogens with zero attached hydrogens (tertiary/aromatic N) is 1. The third-order valence-corrected chi connectivity index (χ3v) is 4.65. The summed E-state index contributed by atoms with van der Waals surface area (Å²) in [5.41, 5.74) is 1.80. The van der Waals surface area contributed by atoms with E-state index in [1.54, 1.807) is 0 Å². The molecular weight excluding hydrogens is 252 g/mol. The van der Waals surface area contributed by atoms with E-state index in [9.17, 15) is 9.59 Å². The molecule has 3 atom stereocenters. The lowest BCUT2D eigenvalue weighted by atomic mass is 10.00. The Hall–Kier alpha value is -1.68. The molecule has 0 aromatic heterocycles. The van der Waals surface area contributed by atoms with Gasteiger partial charge in [0.15, 0.2) is 0 Å². The molecule has 1 saturated heterocycles. The minimum absolute atomic E-state index is 0.00763. The summed E-state index contributed by atoms with van der Waals surface area (Å²) in [7, 11) is 1.90. The first-order valence-corrected chi connectivity index (χ1v) is 7.28. The van der Waals surface area contributed by atoms with E-state index in [1.165, 1.54) is 4.90 Å². The largest absolute Gasteiger partial charge is 0.313 e. The molecular formula is C16H20N2O2. The topological polar surface area (TPSA) is 49.4 Å². The van der Waals surface area contributed by atoms with Crippen molar-refractivity contribution in [1.29, 1.82) is 0 Å². The van der Waals surface area contributed by atoms with Crippen LogP contribution in [0.4, 0.5) is 5.69 Å². The maximum Gasteiger partial charge on any atom is 0.237 e. The van der Waals surface area contributed by atoms with Crippen LogP contribution < -0.4 is 10.2 Å². The normalized spacial score (nSPS) is 27.0. The molecule has 20 heavy (non-hydrogen) atoms. The van der Waals surface area contributed by atoms with E-state index in [0.29, 0.717) is 5.69 Å². The highest BCUT2D eigenvalue weighted by Gasteiger charge is 2.50. The Bertz CT molecular complexity index is 533. The number of rotatable bonds is 3. The second-order valence-corrected chi connectivity index (χ2v) is 5.76. The van der Waals surface area contributed by atoms with Crippen LogP contribution in [0.25, 0.3) is 0 Å². The zero-order valence-corrected chi connectivity index (χ0v) is 11.9. The van der Waals surface area contributed by atoms with Gasteiger partial charge in [0, 0.05) is 6.04 Å². The molecule has 2 aliphatic rings. The number of benzene rings is 1. The second-order valence-electron chi connectivity index (χ2n) is 5.76. The predicted octanol–water partition coefficient (Wildman–Crippen LogP) is 2.26. The van der Waals surface area contributed by atoms with Gasteiger partial charge >= 0.3 is 0 Å². The molecule has 3 unspecified atom stereocenters. The summed E-state index contributed by atoms with van der Waals surface area (Å²) in [6, 6.07) is 7.91. The van der Waals surface area contributed by atoms with Gasteiger partial charge in [-0.05, 0) is 44.5 Å². The minimum Gasteiger partial charge on any atom is -0.313 e. The van der Waals surface area contributed by atoms with Crippen molar-refractivity contribution in [2.24, 2.45) is 11.8 Å². The Balaban J connectivity index is 1.93. The van der Waals surface area contributed by atoms with Gasteiger partial charge in [-0.15, -0.1) is 0 Å². The van der Waals surface area contributed by atoms with Gasteiger partial charge in [-0.25, -0.2) is 0 Å². The third-order valence-electron chi connectivity index (χ3n) is 4.65. The molecule has 1 heterocycles. The van der Waals surface area contributed by atoms with Crippen molar-refractivity contribution in [2.45, 2.75) is 32.2 Å². The van der Waals surface area contributed by atoms with Crippen molar-refractivity contribution in [3.63, 3.8) is 0 Å². The molecule has 1 aliphatic carbocycles. The number of carbonyl (C=O) groups excluding carboxylic acids is 2. The zero-order valence-electron chi connectivity index (χ0n) is 11.9. The van der Waals surface area contributed by atoms with Gasteiger partial charge in [-0.2, -0.15) is 0 Å². The van der Waals surface area contributed by atoms with E-state index in [-0.39, 0.29) is 29.7 Å². The molecule has 3 rings (SSSR count). The lowest BCUT2D eigenvalue weighted by Crippen LogP contribution is -2.31. The van der Waals surface area contributed by atoms with Crippen LogP contribution in [0.3, 0.4) is 0 Å². The van der Waals surface area contributed by atoms with Crippen LogP contribution in [0.5, 0.6) is 0 Å². The highest BCUT2D eigenvalue weighted by atomic mass is 16.2. The third kappa shape index (κ3) is 1.95. The molecule has 1 aromatic carbocycles. The van der Waals surface area contributed by atoms with Gasteiger partial charge in [-0.3, -0.25) is 14.5 Å². The lowest BCUT2D eigenvalue weighted by Gasteiger charge is -2.18. The van der Waals surface area contributed by atoms with Crippen LogP contribution in [0, 0.1) is 11.8 Å². The van der Waals surface area contributed by atoms with Crippen LogP contribution in [0.1, 0.15) is 37.8 Å². The monoisotopic (exact) mass is 272 g/mol. The summed E-state index contributed by atoms with van der Waals surface area (Å²) in [6.45, 7) is 2.06. The SMILES string of the molecule is CNC(C)c1cccc(N2C(=O)C3CCCC3C2=O)c1. The number of anilines is 1. The molecule has 0 bridgehead atoms. The summed E-state index contributed by atoms with van der Waals surface area (Å²) in [6.07, 6.45) is 2.72. The maximum atomic E-state index is 12.4. The number of hydrogen-bond acceptors (Lipinski definition) is 3. The van der Waals surface area contributed by atoms with Gasteiger partial charge in [0.2, 0.25) is 11.8 Å². The van der Waals surface area contributed by atoms with Crippen LogP contribution in [0.15, 0.2) is 24.3 Å². The number of carbonyl (C=O) groups is 2. The molecule has 0 radical (unpaired) electrons. The van der Waals surface area contributed by atoms with Gasteiger partial charge in [0.1, 0.15) is 0 Å². The van der Waals surface area contributed by atoms with Crippen molar-refractivity contribution in [3.8, 4) is 0 Å². The quantitative estimate of drug-likeness (QED) is 0.859. The molecule has 0 spiro atoms. The molecule has 1 saturated carbocycles. The highest BCUT2D eigenvalue weighted by Crippen LogP contribution is 2.41. The fourth-order valence-corrected chi connectivity index (χ4v) is 3.35. The van der Waals surface area contributed by atoms with Gasteiger partial charge in [0.05, 0.1) is 17.5 Å². The molecule has 1 aliphatic heterocycles. The Morgan fingerprint density at radius 2 is 1.85 bits per heavy atom. The molecule has 4 heteroatoms. The summed E-state index contributed by atoms with van der Waals surface area (Å²) in [4.78, 5) is 26.3. The second kappa shape index (κ2) is 5.02. The summed E-state index contributed by atoms with van der Waals surface area (Å²) >= 11 is 0.